The van der Waals surface area contributed by atoms with Crippen molar-refractivity contribution in [2.45, 2.75) is 19.9 Å². The maximum absolute atomic E-state index is 12.2. The molecule has 0 atom stereocenters. The Labute approximate surface area is 170 Å². The third-order valence-corrected chi connectivity index (χ3v) is 4.55. The Bertz CT molecular complexity index is 927. The second-order valence-corrected chi connectivity index (χ2v) is 7.13. The van der Waals surface area contributed by atoms with E-state index >= 15 is 0 Å². The van der Waals surface area contributed by atoms with Crippen LogP contribution in [-0.2, 0) is 11.3 Å². The molecule has 2 heterocycles. The van der Waals surface area contributed by atoms with E-state index in [1.807, 2.05) is 13.0 Å². The van der Waals surface area contributed by atoms with Gasteiger partial charge in [0.25, 0.3) is 17.7 Å². The van der Waals surface area contributed by atoms with Gasteiger partial charge in [-0.15, -0.1) is 0 Å². The summed E-state index contributed by atoms with van der Waals surface area (Å²) in [6, 6.07) is 8.70. The number of fused-ring (bicyclic) bond motifs is 1. The predicted octanol–water partition coefficient (Wildman–Crippen LogP) is 2.58. The van der Waals surface area contributed by atoms with E-state index in [0.29, 0.717) is 41.3 Å². The van der Waals surface area contributed by atoms with Crippen LogP contribution in [0.4, 0.5) is 0 Å². The highest BCUT2D eigenvalue weighted by Gasteiger charge is 2.27. The first-order chi connectivity index (χ1) is 13.0. The van der Waals surface area contributed by atoms with Gasteiger partial charge in [-0.1, -0.05) is 6.92 Å². The Kier molecular flexibility index (Phi) is 5.94. The molecule has 0 aliphatic carbocycles. The maximum atomic E-state index is 12.2. The van der Waals surface area contributed by atoms with E-state index in [0.717, 1.165) is 9.99 Å². The number of ether oxygens (including phenoxy) is 1. The first-order valence-electron chi connectivity index (χ1n) is 8.40. The van der Waals surface area contributed by atoms with Crippen molar-refractivity contribution >= 4 is 40.0 Å². The van der Waals surface area contributed by atoms with Crippen LogP contribution in [0, 0.1) is 3.57 Å². The largest absolute Gasteiger partial charge is 0.491 e. The molecule has 2 aromatic rings. The average molecular weight is 479 g/mol. The van der Waals surface area contributed by atoms with Gasteiger partial charge < -0.3 is 15.2 Å². The number of benzene rings is 1. The summed E-state index contributed by atoms with van der Waals surface area (Å²) in [5, 5.41) is 15.3. The number of nitrogens with one attached hydrogen (secondary N) is 2. The highest BCUT2D eigenvalue weighted by atomic mass is 127. The standard InChI is InChI=1S/C19H18IN3O4/c1-2-7-27-16-6-4-12(22-19(16)26)9-21-10-15-14-8-11(20)3-5-13(14)17(24)23-18(15)25/h3-6,8,10,21H,2,7,9H2,1H3,(H,22,26)(H,23,24,25)/b15-10-. The molecule has 0 radical (unpaired) electrons. The minimum absolute atomic E-state index is 0.170. The number of hydrogen-bond acceptors (Lipinski definition) is 6. The van der Waals surface area contributed by atoms with E-state index in [1.54, 1.807) is 30.5 Å². The number of imide groups is 1. The van der Waals surface area contributed by atoms with Crippen LogP contribution in [-0.4, -0.2) is 28.5 Å². The molecular weight excluding hydrogens is 461 g/mol. The maximum Gasteiger partial charge on any atom is 0.260 e. The molecule has 1 aromatic heterocycles. The van der Waals surface area contributed by atoms with E-state index < -0.39 is 11.8 Å². The summed E-state index contributed by atoms with van der Waals surface area (Å²) >= 11 is 2.13. The predicted molar refractivity (Wildman–Crippen MR) is 108 cm³/mol. The van der Waals surface area contributed by atoms with Crippen molar-refractivity contribution in [3.05, 3.63) is 56.9 Å². The van der Waals surface area contributed by atoms with E-state index in [1.165, 1.54) is 0 Å². The number of hydrogen-bond donors (Lipinski definition) is 3. The van der Waals surface area contributed by atoms with Gasteiger partial charge in [0, 0.05) is 20.9 Å². The molecule has 1 aliphatic heterocycles. The summed E-state index contributed by atoms with van der Waals surface area (Å²) in [4.78, 5) is 28.2. The number of amides is 2. The molecule has 0 bridgehead atoms. The zero-order valence-corrected chi connectivity index (χ0v) is 16.7. The van der Waals surface area contributed by atoms with Crippen molar-refractivity contribution in [2.24, 2.45) is 0 Å². The van der Waals surface area contributed by atoms with Crippen molar-refractivity contribution in [3.63, 3.8) is 0 Å². The smallest absolute Gasteiger partial charge is 0.260 e. The van der Waals surface area contributed by atoms with Gasteiger partial charge in [-0.25, -0.2) is 4.98 Å². The molecule has 140 valence electrons. The molecule has 1 aromatic carbocycles. The number of rotatable bonds is 6. The number of carbonyl (C=O) groups excluding carboxylic acids is 2. The lowest BCUT2D eigenvalue weighted by molar-refractivity contribution is -0.114. The fraction of sp³-hybridized carbons (Fsp3) is 0.211. The van der Waals surface area contributed by atoms with Gasteiger partial charge in [0.05, 0.1) is 24.4 Å². The summed E-state index contributed by atoms with van der Waals surface area (Å²) in [5.74, 6) is -0.692. The van der Waals surface area contributed by atoms with Crippen molar-refractivity contribution in [1.29, 1.82) is 0 Å². The van der Waals surface area contributed by atoms with Crippen LogP contribution in [0.2, 0.25) is 0 Å². The second-order valence-electron chi connectivity index (χ2n) is 5.88. The van der Waals surface area contributed by atoms with E-state index in [-0.39, 0.29) is 5.88 Å². The summed E-state index contributed by atoms with van der Waals surface area (Å²) in [5.41, 5.74) is 2.00. The Morgan fingerprint density at radius 3 is 2.78 bits per heavy atom. The van der Waals surface area contributed by atoms with Crippen LogP contribution in [0.25, 0.3) is 5.57 Å². The highest BCUT2D eigenvalue weighted by Crippen LogP contribution is 2.26. The summed E-state index contributed by atoms with van der Waals surface area (Å²) in [7, 11) is 0. The van der Waals surface area contributed by atoms with Crippen molar-refractivity contribution < 1.29 is 19.4 Å². The van der Waals surface area contributed by atoms with Crippen LogP contribution in [0.1, 0.15) is 35.0 Å². The molecule has 0 saturated carbocycles. The van der Waals surface area contributed by atoms with Gasteiger partial charge >= 0.3 is 0 Å². The van der Waals surface area contributed by atoms with Crippen molar-refractivity contribution in [2.75, 3.05) is 6.61 Å². The molecule has 1 aliphatic rings. The van der Waals surface area contributed by atoms with Gasteiger partial charge in [0.1, 0.15) is 0 Å². The fourth-order valence-electron chi connectivity index (χ4n) is 2.60. The summed E-state index contributed by atoms with van der Waals surface area (Å²) in [6.07, 6.45) is 2.39. The summed E-state index contributed by atoms with van der Waals surface area (Å²) < 4.78 is 6.31. The lowest BCUT2D eigenvalue weighted by Crippen LogP contribution is -2.37. The molecule has 0 fully saturated rings. The molecule has 0 saturated heterocycles. The van der Waals surface area contributed by atoms with Gasteiger partial charge in [-0.2, -0.15) is 0 Å². The number of aromatic hydroxyl groups is 1. The van der Waals surface area contributed by atoms with Gasteiger partial charge in [-0.3, -0.25) is 14.9 Å². The molecular formula is C19H18IN3O4. The Balaban J connectivity index is 1.76. The van der Waals surface area contributed by atoms with Crippen molar-refractivity contribution in [3.8, 4) is 11.6 Å². The molecule has 0 spiro atoms. The molecule has 7 nitrogen and oxygen atoms in total. The minimum Gasteiger partial charge on any atom is -0.491 e. The quantitative estimate of drug-likeness (QED) is 0.335. The molecule has 0 unspecified atom stereocenters. The Morgan fingerprint density at radius 2 is 2.04 bits per heavy atom. The normalized spacial score (nSPS) is 14.7. The number of halogens is 1. The van der Waals surface area contributed by atoms with Crippen LogP contribution in [0.15, 0.2) is 36.5 Å². The second kappa shape index (κ2) is 8.38. The third-order valence-electron chi connectivity index (χ3n) is 3.88. The monoisotopic (exact) mass is 479 g/mol. The first-order valence-corrected chi connectivity index (χ1v) is 9.48. The number of carbonyl (C=O) groups is 2. The summed E-state index contributed by atoms with van der Waals surface area (Å²) in [6.45, 7) is 2.78. The number of nitrogens with zero attached hydrogens (tertiary/aromatic N) is 1. The Hall–Kier alpha value is -2.62. The fourth-order valence-corrected chi connectivity index (χ4v) is 3.09. The van der Waals surface area contributed by atoms with E-state index in [9.17, 15) is 14.7 Å². The van der Waals surface area contributed by atoms with E-state index in [2.05, 4.69) is 38.2 Å². The van der Waals surface area contributed by atoms with Crippen LogP contribution in [0.5, 0.6) is 11.6 Å². The van der Waals surface area contributed by atoms with E-state index in [4.69, 9.17) is 4.74 Å². The van der Waals surface area contributed by atoms with Crippen LogP contribution >= 0.6 is 22.6 Å². The molecule has 27 heavy (non-hydrogen) atoms. The Morgan fingerprint density at radius 1 is 1.22 bits per heavy atom. The topological polar surface area (TPSA) is 101 Å². The molecule has 2 amide bonds. The highest BCUT2D eigenvalue weighted by molar-refractivity contribution is 14.1. The molecule has 3 N–H and O–H groups in total. The van der Waals surface area contributed by atoms with Gasteiger partial charge in [-0.05, 0) is 59.3 Å². The van der Waals surface area contributed by atoms with Gasteiger partial charge in [0.15, 0.2) is 5.75 Å². The lowest BCUT2D eigenvalue weighted by Gasteiger charge is -2.18. The molecule has 8 heteroatoms. The first kappa shape index (κ1) is 19.2. The number of pyridine rings is 1. The average Bonchev–Trinajstić information content (AvgIpc) is 2.63. The SMILES string of the molecule is CCCOc1ccc(CN/C=C2\C(=O)NC(=O)c3ccc(I)cc32)nc1O. The lowest BCUT2D eigenvalue weighted by atomic mass is 9.96. The van der Waals surface area contributed by atoms with Crippen LogP contribution < -0.4 is 15.4 Å². The third kappa shape index (κ3) is 4.38. The minimum atomic E-state index is -0.457. The number of aromatic nitrogens is 1. The zero-order valence-electron chi connectivity index (χ0n) is 14.6. The zero-order chi connectivity index (χ0) is 19.4. The molecule has 3 rings (SSSR count). The van der Waals surface area contributed by atoms with Crippen LogP contribution in [0.3, 0.4) is 0 Å². The van der Waals surface area contributed by atoms with Crippen molar-refractivity contribution in [1.82, 2.24) is 15.6 Å². The van der Waals surface area contributed by atoms with Gasteiger partial charge in [0.2, 0.25) is 0 Å².